The summed E-state index contributed by atoms with van der Waals surface area (Å²) < 4.78 is 0. The standard InChI is InChI=1S/C15H29N3O2.ClH/c1-6-15(7-2,10-16)13(20)17-11-8-12(19)18(9-11)14(3,4)5;/h11H,6-10,16H2,1-5H3,(H,17,20);1H. The van der Waals surface area contributed by atoms with Crippen molar-refractivity contribution in [1.82, 2.24) is 10.2 Å². The summed E-state index contributed by atoms with van der Waals surface area (Å²) in [6, 6.07) is -0.0988. The van der Waals surface area contributed by atoms with Gasteiger partial charge in [0.25, 0.3) is 0 Å². The lowest BCUT2D eigenvalue weighted by Gasteiger charge is -2.33. The van der Waals surface area contributed by atoms with E-state index in [4.69, 9.17) is 5.73 Å². The third-order valence-electron chi connectivity index (χ3n) is 4.50. The highest BCUT2D eigenvalue weighted by Gasteiger charge is 2.40. The summed E-state index contributed by atoms with van der Waals surface area (Å²) in [6.07, 6.45) is 1.82. The molecule has 1 unspecified atom stereocenters. The Kier molecular flexibility index (Phi) is 7.16. The molecule has 0 bridgehead atoms. The highest BCUT2D eigenvalue weighted by molar-refractivity contribution is 5.86. The molecule has 0 aromatic heterocycles. The first-order valence-electron chi connectivity index (χ1n) is 7.51. The van der Waals surface area contributed by atoms with Gasteiger partial charge in [0.05, 0.1) is 11.5 Å². The average Bonchev–Trinajstić information content (AvgIpc) is 2.73. The van der Waals surface area contributed by atoms with E-state index in [9.17, 15) is 9.59 Å². The first-order chi connectivity index (χ1) is 9.20. The fourth-order valence-corrected chi connectivity index (χ4v) is 2.74. The van der Waals surface area contributed by atoms with Crippen molar-refractivity contribution in [3.05, 3.63) is 0 Å². The summed E-state index contributed by atoms with van der Waals surface area (Å²) in [5, 5.41) is 3.02. The van der Waals surface area contributed by atoms with E-state index >= 15 is 0 Å². The molecule has 3 N–H and O–H groups in total. The second-order valence-corrected chi connectivity index (χ2v) is 6.74. The molecule has 1 atom stereocenters. The molecule has 1 heterocycles. The molecule has 1 aliphatic rings. The zero-order valence-corrected chi connectivity index (χ0v) is 14.7. The van der Waals surface area contributed by atoms with E-state index in [1.165, 1.54) is 0 Å². The van der Waals surface area contributed by atoms with E-state index in [0.29, 0.717) is 19.5 Å². The summed E-state index contributed by atoms with van der Waals surface area (Å²) in [6.45, 7) is 10.9. The first kappa shape index (κ1) is 20.2. The number of carbonyl (C=O) groups is 2. The minimum absolute atomic E-state index is 0. The van der Waals surface area contributed by atoms with E-state index in [1.807, 2.05) is 39.5 Å². The summed E-state index contributed by atoms with van der Waals surface area (Å²) in [7, 11) is 0. The summed E-state index contributed by atoms with van der Waals surface area (Å²) in [4.78, 5) is 26.3. The molecule has 124 valence electrons. The lowest BCUT2D eigenvalue weighted by Crippen LogP contribution is -2.50. The van der Waals surface area contributed by atoms with E-state index in [2.05, 4.69) is 5.32 Å². The predicted octanol–water partition coefficient (Wildman–Crippen LogP) is 1.69. The van der Waals surface area contributed by atoms with Gasteiger partial charge in [0.2, 0.25) is 11.8 Å². The summed E-state index contributed by atoms with van der Waals surface area (Å²) in [5.41, 5.74) is 5.09. The minimum Gasteiger partial charge on any atom is -0.351 e. The van der Waals surface area contributed by atoms with Gasteiger partial charge < -0.3 is 16.0 Å². The Bertz CT molecular complexity index is 367. The minimum atomic E-state index is -0.502. The number of hydrogen-bond acceptors (Lipinski definition) is 3. The van der Waals surface area contributed by atoms with Gasteiger partial charge in [-0.1, -0.05) is 13.8 Å². The fourth-order valence-electron chi connectivity index (χ4n) is 2.74. The normalized spacial score (nSPS) is 19.4. The molecule has 0 aromatic carbocycles. The van der Waals surface area contributed by atoms with Crippen LogP contribution in [0.4, 0.5) is 0 Å². The van der Waals surface area contributed by atoms with Crippen molar-refractivity contribution in [3.63, 3.8) is 0 Å². The number of nitrogens with one attached hydrogen (secondary N) is 1. The van der Waals surface area contributed by atoms with Gasteiger partial charge >= 0.3 is 0 Å². The van der Waals surface area contributed by atoms with Gasteiger partial charge in [-0.05, 0) is 33.6 Å². The van der Waals surface area contributed by atoms with Crippen LogP contribution in [0.3, 0.4) is 0 Å². The van der Waals surface area contributed by atoms with Gasteiger partial charge in [-0.25, -0.2) is 0 Å². The number of rotatable bonds is 5. The maximum Gasteiger partial charge on any atom is 0.227 e. The number of nitrogens with zero attached hydrogens (tertiary/aromatic N) is 1. The second kappa shape index (κ2) is 7.45. The molecule has 0 aromatic rings. The zero-order valence-electron chi connectivity index (χ0n) is 13.9. The smallest absolute Gasteiger partial charge is 0.227 e. The number of amides is 2. The predicted molar refractivity (Wildman–Crippen MR) is 87.3 cm³/mol. The van der Waals surface area contributed by atoms with E-state index in [1.54, 1.807) is 0 Å². The molecular formula is C15H30ClN3O2. The Morgan fingerprint density at radius 3 is 2.19 bits per heavy atom. The molecule has 1 fully saturated rings. The first-order valence-corrected chi connectivity index (χ1v) is 7.51. The van der Waals surface area contributed by atoms with Crippen LogP contribution in [0.15, 0.2) is 0 Å². The topological polar surface area (TPSA) is 75.4 Å². The van der Waals surface area contributed by atoms with Gasteiger partial charge in [-0.3, -0.25) is 9.59 Å². The van der Waals surface area contributed by atoms with E-state index in [0.717, 1.165) is 12.8 Å². The lowest BCUT2D eigenvalue weighted by atomic mass is 9.81. The maximum atomic E-state index is 12.5. The molecule has 1 saturated heterocycles. The van der Waals surface area contributed by atoms with Crippen LogP contribution in [-0.2, 0) is 9.59 Å². The fraction of sp³-hybridized carbons (Fsp3) is 0.867. The Balaban J connectivity index is 0.00000400. The maximum absolute atomic E-state index is 12.5. The number of halogens is 1. The SMILES string of the molecule is CCC(CC)(CN)C(=O)NC1CC(=O)N(C(C)(C)C)C1.Cl. The van der Waals surface area contributed by atoms with Crippen molar-refractivity contribution in [1.29, 1.82) is 0 Å². The molecule has 5 nitrogen and oxygen atoms in total. The van der Waals surface area contributed by atoms with Crippen LogP contribution in [0.25, 0.3) is 0 Å². The Labute approximate surface area is 134 Å². The van der Waals surface area contributed by atoms with Gasteiger partial charge in [-0.2, -0.15) is 0 Å². The van der Waals surface area contributed by atoms with Crippen LogP contribution in [-0.4, -0.2) is 41.4 Å². The van der Waals surface area contributed by atoms with Crippen LogP contribution in [0.2, 0.25) is 0 Å². The summed E-state index contributed by atoms with van der Waals surface area (Å²) >= 11 is 0. The van der Waals surface area contributed by atoms with Crippen LogP contribution in [0.1, 0.15) is 53.9 Å². The molecule has 1 aliphatic heterocycles. The monoisotopic (exact) mass is 319 g/mol. The molecule has 0 spiro atoms. The van der Waals surface area contributed by atoms with Crippen molar-refractivity contribution in [3.8, 4) is 0 Å². The lowest BCUT2D eigenvalue weighted by molar-refractivity contribution is -0.132. The molecule has 0 radical (unpaired) electrons. The largest absolute Gasteiger partial charge is 0.351 e. The van der Waals surface area contributed by atoms with Gasteiger partial charge in [0.1, 0.15) is 0 Å². The van der Waals surface area contributed by atoms with Crippen molar-refractivity contribution < 1.29 is 9.59 Å². The molecule has 21 heavy (non-hydrogen) atoms. The summed E-state index contributed by atoms with van der Waals surface area (Å²) in [5.74, 6) is 0.0905. The van der Waals surface area contributed by atoms with E-state index in [-0.39, 0.29) is 35.8 Å². The molecule has 0 saturated carbocycles. The quantitative estimate of drug-likeness (QED) is 0.809. The van der Waals surface area contributed by atoms with Crippen molar-refractivity contribution in [2.24, 2.45) is 11.1 Å². The molecule has 0 aliphatic carbocycles. The Hall–Kier alpha value is -0.810. The van der Waals surface area contributed by atoms with Gasteiger partial charge in [0, 0.05) is 25.0 Å². The molecule has 2 amide bonds. The van der Waals surface area contributed by atoms with E-state index < -0.39 is 5.41 Å². The van der Waals surface area contributed by atoms with Crippen molar-refractivity contribution in [2.45, 2.75) is 65.5 Å². The van der Waals surface area contributed by atoms with Crippen LogP contribution < -0.4 is 11.1 Å². The molecule has 6 heteroatoms. The van der Waals surface area contributed by atoms with Crippen molar-refractivity contribution in [2.75, 3.05) is 13.1 Å². The molecule has 1 rings (SSSR count). The number of nitrogens with two attached hydrogens (primary N) is 1. The molecular weight excluding hydrogens is 290 g/mol. The third-order valence-corrected chi connectivity index (χ3v) is 4.50. The third kappa shape index (κ3) is 4.33. The highest BCUT2D eigenvalue weighted by atomic mass is 35.5. The second-order valence-electron chi connectivity index (χ2n) is 6.74. The van der Waals surface area contributed by atoms with Crippen LogP contribution in [0, 0.1) is 5.41 Å². The van der Waals surface area contributed by atoms with Gasteiger partial charge in [0.15, 0.2) is 0 Å². The zero-order chi connectivity index (χ0) is 15.6. The van der Waals surface area contributed by atoms with Crippen molar-refractivity contribution >= 4 is 24.2 Å². The number of carbonyl (C=O) groups excluding carboxylic acids is 2. The van der Waals surface area contributed by atoms with Crippen LogP contribution >= 0.6 is 12.4 Å². The number of hydrogen-bond donors (Lipinski definition) is 2. The Morgan fingerprint density at radius 1 is 1.33 bits per heavy atom. The Morgan fingerprint density at radius 2 is 1.86 bits per heavy atom. The van der Waals surface area contributed by atoms with Gasteiger partial charge in [-0.15, -0.1) is 12.4 Å². The van der Waals surface area contributed by atoms with Crippen LogP contribution in [0.5, 0.6) is 0 Å². The highest BCUT2D eigenvalue weighted by Crippen LogP contribution is 2.27. The average molecular weight is 320 g/mol. The number of likely N-dealkylation sites (tertiary alicyclic amines) is 1.